The van der Waals surface area contributed by atoms with Crippen LogP contribution in [0.5, 0.6) is 5.75 Å². The molecule has 1 heterocycles. The van der Waals surface area contributed by atoms with Crippen molar-refractivity contribution >= 4 is 11.6 Å². The number of hydrogen-bond acceptors (Lipinski definition) is 2. The molecule has 1 aromatic rings. The summed E-state index contributed by atoms with van der Waals surface area (Å²) in [6.45, 7) is 4.37. The van der Waals surface area contributed by atoms with Crippen molar-refractivity contribution in [1.29, 1.82) is 0 Å². The number of nitrogens with one attached hydrogen (secondary N) is 1. The fourth-order valence-electron chi connectivity index (χ4n) is 2.20. The fraction of sp³-hybridized carbons (Fsp3) is 0.538. The molecule has 88 valence electrons. The SMILES string of the molecule is CC[C@H](Oc1ccc(Cl)cc1)[C@H]1CCNC1. The van der Waals surface area contributed by atoms with E-state index in [4.69, 9.17) is 16.3 Å². The zero-order valence-electron chi connectivity index (χ0n) is 9.58. The lowest BCUT2D eigenvalue weighted by molar-refractivity contribution is 0.138. The molecule has 1 aliphatic heterocycles. The third-order valence-corrected chi connectivity index (χ3v) is 3.38. The topological polar surface area (TPSA) is 21.3 Å². The van der Waals surface area contributed by atoms with Gasteiger partial charge < -0.3 is 10.1 Å². The smallest absolute Gasteiger partial charge is 0.119 e. The maximum atomic E-state index is 6.00. The summed E-state index contributed by atoms with van der Waals surface area (Å²) in [4.78, 5) is 0. The lowest BCUT2D eigenvalue weighted by Gasteiger charge is -2.23. The Hall–Kier alpha value is -0.730. The molecule has 0 aromatic heterocycles. The lowest BCUT2D eigenvalue weighted by Crippen LogP contribution is -2.28. The lowest BCUT2D eigenvalue weighted by atomic mass is 9.99. The maximum absolute atomic E-state index is 6.00. The molecule has 1 aliphatic rings. The highest BCUT2D eigenvalue weighted by Crippen LogP contribution is 2.23. The molecule has 1 saturated heterocycles. The number of rotatable bonds is 4. The summed E-state index contributed by atoms with van der Waals surface area (Å²) in [6.07, 6.45) is 2.58. The number of ether oxygens (including phenoxy) is 1. The molecule has 2 nitrogen and oxygen atoms in total. The van der Waals surface area contributed by atoms with Gasteiger partial charge in [-0.05, 0) is 43.7 Å². The zero-order chi connectivity index (χ0) is 11.4. The van der Waals surface area contributed by atoms with Gasteiger partial charge in [0.1, 0.15) is 11.9 Å². The molecular weight excluding hydrogens is 222 g/mol. The van der Waals surface area contributed by atoms with E-state index in [1.165, 1.54) is 6.42 Å². The Morgan fingerprint density at radius 2 is 2.19 bits per heavy atom. The normalized spacial score (nSPS) is 22.0. The molecule has 16 heavy (non-hydrogen) atoms. The van der Waals surface area contributed by atoms with Crippen molar-refractivity contribution in [3.8, 4) is 5.75 Å². The third-order valence-electron chi connectivity index (χ3n) is 3.13. The van der Waals surface area contributed by atoms with E-state index < -0.39 is 0 Å². The van der Waals surface area contributed by atoms with Gasteiger partial charge in [0.25, 0.3) is 0 Å². The van der Waals surface area contributed by atoms with Crippen LogP contribution in [0.3, 0.4) is 0 Å². The van der Waals surface area contributed by atoms with Crippen LogP contribution in [0.2, 0.25) is 5.02 Å². The first-order valence-electron chi connectivity index (χ1n) is 5.92. The van der Waals surface area contributed by atoms with Crippen LogP contribution in [-0.4, -0.2) is 19.2 Å². The van der Waals surface area contributed by atoms with E-state index >= 15 is 0 Å². The highest BCUT2D eigenvalue weighted by molar-refractivity contribution is 6.30. The van der Waals surface area contributed by atoms with Crippen LogP contribution < -0.4 is 10.1 Å². The van der Waals surface area contributed by atoms with Crippen LogP contribution in [0.15, 0.2) is 24.3 Å². The van der Waals surface area contributed by atoms with Gasteiger partial charge in [-0.2, -0.15) is 0 Å². The molecule has 0 saturated carbocycles. The minimum Gasteiger partial charge on any atom is -0.490 e. The molecule has 0 amide bonds. The Bertz CT molecular complexity index is 319. The van der Waals surface area contributed by atoms with Gasteiger partial charge in [-0.25, -0.2) is 0 Å². The summed E-state index contributed by atoms with van der Waals surface area (Å²) in [5.41, 5.74) is 0. The Labute approximate surface area is 102 Å². The minimum absolute atomic E-state index is 0.316. The molecule has 0 aliphatic carbocycles. The summed E-state index contributed by atoms with van der Waals surface area (Å²) in [6, 6.07) is 7.62. The van der Waals surface area contributed by atoms with E-state index in [-0.39, 0.29) is 0 Å². The summed E-state index contributed by atoms with van der Waals surface area (Å²) < 4.78 is 6.00. The van der Waals surface area contributed by atoms with E-state index in [0.717, 1.165) is 30.3 Å². The van der Waals surface area contributed by atoms with Crippen molar-refractivity contribution in [2.24, 2.45) is 5.92 Å². The summed E-state index contributed by atoms with van der Waals surface area (Å²) in [5, 5.41) is 4.13. The van der Waals surface area contributed by atoms with Gasteiger partial charge in [-0.15, -0.1) is 0 Å². The standard InChI is InChI=1S/C13H18ClNO/c1-2-13(10-7-8-15-9-10)16-12-5-3-11(14)4-6-12/h3-6,10,13,15H,2,7-9H2,1H3/t10-,13-/m0/s1. The van der Waals surface area contributed by atoms with Gasteiger partial charge in [-0.1, -0.05) is 18.5 Å². The molecule has 1 fully saturated rings. The Kier molecular flexibility index (Phi) is 4.08. The molecule has 2 atom stereocenters. The van der Waals surface area contributed by atoms with E-state index in [9.17, 15) is 0 Å². The van der Waals surface area contributed by atoms with Gasteiger partial charge in [0, 0.05) is 17.5 Å². The average Bonchev–Trinajstić information content (AvgIpc) is 2.82. The van der Waals surface area contributed by atoms with Crippen LogP contribution in [0, 0.1) is 5.92 Å². The van der Waals surface area contributed by atoms with Crippen molar-refractivity contribution < 1.29 is 4.74 Å². The van der Waals surface area contributed by atoms with Crippen LogP contribution >= 0.6 is 11.6 Å². The van der Waals surface area contributed by atoms with E-state index in [2.05, 4.69) is 12.2 Å². The van der Waals surface area contributed by atoms with Crippen LogP contribution in [0.1, 0.15) is 19.8 Å². The van der Waals surface area contributed by atoms with Gasteiger partial charge in [-0.3, -0.25) is 0 Å². The van der Waals surface area contributed by atoms with Gasteiger partial charge in [0.2, 0.25) is 0 Å². The quantitative estimate of drug-likeness (QED) is 0.872. The van der Waals surface area contributed by atoms with Gasteiger partial charge in [0.05, 0.1) is 0 Å². The first-order chi connectivity index (χ1) is 7.79. The Morgan fingerprint density at radius 1 is 1.44 bits per heavy atom. The molecule has 2 rings (SSSR count). The van der Waals surface area contributed by atoms with Crippen LogP contribution in [0.4, 0.5) is 0 Å². The molecule has 0 spiro atoms. The van der Waals surface area contributed by atoms with E-state index in [1.807, 2.05) is 24.3 Å². The first-order valence-corrected chi connectivity index (χ1v) is 6.30. The Morgan fingerprint density at radius 3 is 2.75 bits per heavy atom. The van der Waals surface area contributed by atoms with Crippen molar-refractivity contribution in [3.05, 3.63) is 29.3 Å². The minimum atomic E-state index is 0.316. The van der Waals surface area contributed by atoms with Crippen molar-refractivity contribution in [2.45, 2.75) is 25.9 Å². The second kappa shape index (κ2) is 5.55. The van der Waals surface area contributed by atoms with Crippen LogP contribution in [-0.2, 0) is 0 Å². The summed E-state index contributed by atoms with van der Waals surface area (Å²) >= 11 is 5.84. The maximum Gasteiger partial charge on any atom is 0.119 e. The predicted octanol–water partition coefficient (Wildman–Crippen LogP) is 3.11. The molecule has 3 heteroatoms. The molecule has 0 radical (unpaired) electrons. The van der Waals surface area contributed by atoms with E-state index in [0.29, 0.717) is 12.0 Å². The predicted molar refractivity (Wildman–Crippen MR) is 67.1 cm³/mol. The molecule has 0 unspecified atom stereocenters. The molecule has 0 bridgehead atoms. The number of halogens is 1. The van der Waals surface area contributed by atoms with Crippen molar-refractivity contribution in [1.82, 2.24) is 5.32 Å². The molecule has 1 aromatic carbocycles. The van der Waals surface area contributed by atoms with Gasteiger partial charge in [0.15, 0.2) is 0 Å². The summed E-state index contributed by atoms with van der Waals surface area (Å²) in [7, 11) is 0. The second-order valence-corrected chi connectivity index (χ2v) is 4.71. The van der Waals surface area contributed by atoms with E-state index in [1.54, 1.807) is 0 Å². The van der Waals surface area contributed by atoms with Crippen molar-refractivity contribution in [2.75, 3.05) is 13.1 Å². The summed E-state index contributed by atoms with van der Waals surface area (Å²) in [5.74, 6) is 1.56. The second-order valence-electron chi connectivity index (χ2n) is 4.27. The van der Waals surface area contributed by atoms with Gasteiger partial charge >= 0.3 is 0 Å². The zero-order valence-corrected chi connectivity index (χ0v) is 10.3. The third kappa shape index (κ3) is 2.89. The molecule has 1 N–H and O–H groups in total. The number of hydrogen-bond donors (Lipinski definition) is 1. The largest absolute Gasteiger partial charge is 0.490 e. The van der Waals surface area contributed by atoms with Crippen LogP contribution in [0.25, 0.3) is 0 Å². The Balaban J connectivity index is 1.97. The molecular formula is C13H18ClNO. The monoisotopic (exact) mass is 239 g/mol. The fourth-order valence-corrected chi connectivity index (χ4v) is 2.32. The first kappa shape index (κ1) is 11.7. The average molecular weight is 240 g/mol. The highest BCUT2D eigenvalue weighted by Gasteiger charge is 2.24. The number of benzene rings is 1. The van der Waals surface area contributed by atoms with Crippen molar-refractivity contribution in [3.63, 3.8) is 0 Å². The highest BCUT2D eigenvalue weighted by atomic mass is 35.5.